The lowest BCUT2D eigenvalue weighted by Crippen LogP contribution is -2.46. The van der Waals surface area contributed by atoms with E-state index < -0.39 is 11.8 Å². The molecule has 23 heavy (non-hydrogen) atoms. The largest absolute Gasteiger partial charge is 0.573 e. The molecule has 7 heteroatoms. The van der Waals surface area contributed by atoms with Gasteiger partial charge in [0.25, 0.3) is 0 Å². The minimum atomic E-state index is -4.72. The molecule has 0 spiro atoms. The predicted octanol–water partition coefficient (Wildman–Crippen LogP) is 3.53. The van der Waals surface area contributed by atoms with Crippen molar-refractivity contribution in [2.75, 3.05) is 6.54 Å². The van der Waals surface area contributed by atoms with Crippen LogP contribution in [0.15, 0.2) is 24.3 Å². The summed E-state index contributed by atoms with van der Waals surface area (Å²) in [5.74, 6) is -0.439. The Kier molecular flexibility index (Phi) is 6.44. The van der Waals surface area contributed by atoms with Crippen molar-refractivity contribution in [3.63, 3.8) is 0 Å². The number of hydrogen-bond donors (Lipinski definition) is 2. The minimum absolute atomic E-state index is 0.145. The second-order valence-electron chi connectivity index (χ2n) is 5.50. The number of nitrogens with two attached hydrogens (primary N) is 1. The third-order valence-corrected chi connectivity index (χ3v) is 4.19. The molecule has 1 amide bonds. The molecule has 0 bridgehead atoms. The van der Waals surface area contributed by atoms with E-state index in [-0.39, 0.29) is 24.2 Å². The van der Waals surface area contributed by atoms with E-state index in [9.17, 15) is 18.0 Å². The first-order valence-corrected chi connectivity index (χ1v) is 7.54. The van der Waals surface area contributed by atoms with Gasteiger partial charge in [0.05, 0.1) is 11.5 Å². The second-order valence-corrected chi connectivity index (χ2v) is 5.50. The number of hydrogen-bond acceptors (Lipinski definition) is 3. The van der Waals surface area contributed by atoms with Gasteiger partial charge in [0.2, 0.25) is 5.91 Å². The Morgan fingerprint density at radius 3 is 2.13 bits per heavy atom. The van der Waals surface area contributed by atoms with Gasteiger partial charge in [-0.3, -0.25) is 4.79 Å². The lowest BCUT2D eigenvalue weighted by atomic mass is 9.81. The summed E-state index contributed by atoms with van der Waals surface area (Å²) in [4.78, 5) is 12.4. The van der Waals surface area contributed by atoms with E-state index in [0.717, 1.165) is 0 Å². The van der Waals surface area contributed by atoms with Crippen LogP contribution in [0, 0.1) is 5.41 Å². The molecule has 3 N–H and O–H groups in total. The van der Waals surface area contributed by atoms with Crippen molar-refractivity contribution < 1.29 is 22.7 Å². The molecule has 1 aromatic rings. The summed E-state index contributed by atoms with van der Waals surface area (Å²) in [5.41, 5.74) is 5.81. The summed E-state index contributed by atoms with van der Waals surface area (Å²) in [7, 11) is 0. The first-order valence-electron chi connectivity index (χ1n) is 7.54. The molecule has 130 valence electrons. The van der Waals surface area contributed by atoms with E-state index >= 15 is 0 Å². The number of rotatable bonds is 7. The molecule has 1 unspecified atom stereocenters. The van der Waals surface area contributed by atoms with E-state index in [0.29, 0.717) is 18.4 Å². The van der Waals surface area contributed by atoms with Gasteiger partial charge in [-0.2, -0.15) is 0 Å². The molecule has 0 aliphatic carbocycles. The number of ether oxygens (including phenoxy) is 1. The highest BCUT2D eigenvalue weighted by Gasteiger charge is 2.34. The van der Waals surface area contributed by atoms with Gasteiger partial charge in [-0.05, 0) is 37.5 Å². The van der Waals surface area contributed by atoms with Gasteiger partial charge in [-0.15, -0.1) is 13.2 Å². The summed E-state index contributed by atoms with van der Waals surface area (Å²) < 4.78 is 40.2. The maximum absolute atomic E-state index is 12.4. The number of amides is 1. The molecule has 1 aromatic carbocycles. The zero-order chi connectivity index (χ0) is 17.7. The first kappa shape index (κ1) is 19.3. The van der Waals surface area contributed by atoms with Crippen molar-refractivity contribution in [1.82, 2.24) is 5.32 Å². The molecule has 0 aliphatic rings. The zero-order valence-electron chi connectivity index (χ0n) is 13.5. The lowest BCUT2D eigenvalue weighted by molar-refractivity contribution is -0.274. The number of carbonyl (C=O) groups is 1. The number of carbonyl (C=O) groups excluding carboxylic acids is 1. The van der Waals surface area contributed by atoms with Crippen molar-refractivity contribution >= 4 is 5.91 Å². The Morgan fingerprint density at radius 1 is 1.22 bits per heavy atom. The third-order valence-electron chi connectivity index (χ3n) is 4.19. The van der Waals surface area contributed by atoms with Gasteiger partial charge in [0, 0.05) is 6.54 Å². The fraction of sp³-hybridized carbons (Fsp3) is 0.562. The van der Waals surface area contributed by atoms with E-state index in [1.54, 1.807) is 6.92 Å². The lowest BCUT2D eigenvalue weighted by Gasteiger charge is -2.30. The van der Waals surface area contributed by atoms with Crippen LogP contribution < -0.4 is 15.8 Å². The number of halogens is 3. The smallest absolute Gasteiger partial charge is 0.406 e. The molecule has 0 saturated carbocycles. The Bertz CT molecular complexity index is 503. The van der Waals surface area contributed by atoms with Crippen molar-refractivity contribution in [2.24, 2.45) is 11.1 Å². The van der Waals surface area contributed by atoms with Crippen molar-refractivity contribution in [2.45, 2.75) is 46.0 Å². The third kappa shape index (κ3) is 5.13. The SMILES string of the molecule is CCC(CC)(CN)C(=O)NC(C)c1ccc(OC(F)(F)F)cc1. The van der Waals surface area contributed by atoms with Crippen molar-refractivity contribution in [3.8, 4) is 5.75 Å². The Labute approximate surface area is 134 Å². The first-order chi connectivity index (χ1) is 10.7. The predicted molar refractivity (Wildman–Crippen MR) is 81.8 cm³/mol. The topological polar surface area (TPSA) is 64.4 Å². The molecule has 0 aromatic heterocycles. The molecule has 0 radical (unpaired) electrons. The van der Waals surface area contributed by atoms with Crippen LogP contribution in [0.25, 0.3) is 0 Å². The van der Waals surface area contributed by atoms with Crippen LogP contribution >= 0.6 is 0 Å². The van der Waals surface area contributed by atoms with E-state index in [4.69, 9.17) is 5.73 Å². The van der Waals surface area contributed by atoms with Crippen LogP contribution in [0.1, 0.15) is 45.2 Å². The van der Waals surface area contributed by atoms with Crippen LogP contribution in [-0.2, 0) is 4.79 Å². The highest BCUT2D eigenvalue weighted by Crippen LogP contribution is 2.28. The van der Waals surface area contributed by atoms with E-state index in [2.05, 4.69) is 10.1 Å². The van der Waals surface area contributed by atoms with Gasteiger partial charge in [-0.25, -0.2) is 0 Å². The molecular formula is C16H23F3N2O2. The number of nitrogens with one attached hydrogen (secondary N) is 1. The maximum Gasteiger partial charge on any atom is 0.573 e. The van der Waals surface area contributed by atoms with Gasteiger partial charge < -0.3 is 15.8 Å². The minimum Gasteiger partial charge on any atom is -0.406 e. The quantitative estimate of drug-likeness (QED) is 0.803. The van der Waals surface area contributed by atoms with Crippen LogP contribution in [0.5, 0.6) is 5.75 Å². The molecule has 0 saturated heterocycles. The van der Waals surface area contributed by atoms with Crippen molar-refractivity contribution in [3.05, 3.63) is 29.8 Å². The average Bonchev–Trinajstić information content (AvgIpc) is 2.48. The molecule has 0 heterocycles. The Balaban J connectivity index is 2.78. The number of alkyl halides is 3. The normalized spacial score (nSPS) is 13.5. The maximum atomic E-state index is 12.4. The van der Waals surface area contributed by atoms with Gasteiger partial charge in [-0.1, -0.05) is 26.0 Å². The average molecular weight is 332 g/mol. The summed E-state index contributed by atoms with van der Waals surface area (Å²) in [6.07, 6.45) is -3.47. The molecule has 0 fully saturated rings. The summed E-state index contributed by atoms with van der Waals surface area (Å²) >= 11 is 0. The van der Waals surface area contributed by atoms with Crippen LogP contribution in [-0.4, -0.2) is 18.8 Å². The van der Waals surface area contributed by atoms with Crippen molar-refractivity contribution in [1.29, 1.82) is 0 Å². The summed E-state index contributed by atoms with van der Waals surface area (Å²) in [6.45, 7) is 5.83. The van der Waals surface area contributed by atoms with E-state index in [1.165, 1.54) is 24.3 Å². The van der Waals surface area contributed by atoms with E-state index in [1.807, 2.05) is 13.8 Å². The van der Waals surface area contributed by atoms with Crippen LogP contribution in [0.3, 0.4) is 0 Å². The monoisotopic (exact) mass is 332 g/mol. The molecular weight excluding hydrogens is 309 g/mol. The van der Waals surface area contributed by atoms with Gasteiger partial charge in [0.1, 0.15) is 5.75 Å². The van der Waals surface area contributed by atoms with Gasteiger partial charge in [0.15, 0.2) is 0 Å². The molecule has 1 atom stereocenters. The fourth-order valence-corrected chi connectivity index (χ4v) is 2.34. The Hall–Kier alpha value is -1.76. The second kappa shape index (κ2) is 7.68. The molecule has 4 nitrogen and oxygen atoms in total. The summed E-state index contributed by atoms with van der Waals surface area (Å²) in [6, 6.07) is 5.09. The Morgan fingerprint density at radius 2 is 1.74 bits per heavy atom. The standard InChI is InChI=1S/C16H23F3N2O2/c1-4-15(5-2,10-20)14(22)21-11(3)12-6-8-13(9-7-12)23-16(17,18)19/h6-9,11H,4-5,10,20H2,1-3H3,(H,21,22). The number of benzene rings is 1. The summed E-state index contributed by atoms with van der Waals surface area (Å²) in [5, 5.41) is 2.88. The van der Waals surface area contributed by atoms with Crippen LogP contribution in [0.4, 0.5) is 13.2 Å². The highest BCUT2D eigenvalue weighted by atomic mass is 19.4. The fourth-order valence-electron chi connectivity index (χ4n) is 2.34. The zero-order valence-corrected chi connectivity index (χ0v) is 13.5. The van der Waals surface area contributed by atoms with Crippen LogP contribution in [0.2, 0.25) is 0 Å². The molecule has 1 rings (SSSR count). The highest BCUT2D eigenvalue weighted by molar-refractivity contribution is 5.83. The van der Waals surface area contributed by atoms with Gasteiger partial charge >= 0.3 is 6.36 Å². The molecule has 0 aliphatic heterocycles.